The highest BCUT2D eigenvalue weighted by Gasteiger charge is 2.22. The first-order valence-corrected chi connectivity index (χ1v) is 6.14. The summed E-state index contributed by atoms with van der Waals surface area (Å²) >= 11 is 0. The van der Waals surface area contributed by atoms with Crippen LogP contribution in [0, 0.1) is 0 Å². The third kappa shape index (κ3) is 3.59. The van der Waals surface area contributed by atoms with Crippen LogP contribution in [0.3, 0.4) is 0 Å². The number of aldehydes is 1. The summed E-state index contributed by atoms with van der Waals surface area (Å²) in [6.45, 7) is 7.50. The number of carbonyl (C=O) groups is 2. The summed E-state index contributed by atoms with van der Waals surface area (Å²) in [7, 11) is 0. The van der Waals surface area contributed by atoms with Crippen LogP contribution in [0.5, 0.6) is 0 Å². The lowest BCUT2D eigenvalue weighted by Gasteiger charge is -2.37. The van der Waals surface area contributed by atoms with Gasteiger partial charge in [0.1, 0.15) is 6.29 Å². The first-order chi connectivity index (χ1) is 7.69. The number of hydrogen-bond acceptors (Lipinski definition) is 3. The van der Waals surface area contributed by atoms with Gasteiger partial charge in [0.15, 0.2) is 0 Å². The van der Waals surface area contributed by atoms with Gasteiger partial charge < -0.3 is 9.69 Å². The van der Waals surface area contributed by atoms with Gasteiger partial charge in [-0.05, 0) is 13.3 Å². The molecule has 1 amide bonds. The largest absolute Gasteiger partial charge is 0.340 e. The number of amides is 1. The summed E-state index contributed by atoms with van der Waals surface area (Å²) in [6, 6.07) is 0.306. The Morgan fingerprint density at radius 2 is 1.94 bits per heavy atom. The van der Waals surface area contributed by atoms with Gasteiger partial charge >= 0.3 is 0 Å². The van der Waals surface area contributed by atoms with Crippen molar-refractivity contribution in [1.29, 1.82) is 0 Å². The maximum atomic E-state index is 11.7. The summed E-state index contributed by atoms with van der Waals surface area (Å²) in [5.74, 6) is 0.269. The Morgan fingerprint density at radius 3 is 2.44 bits per heavy atom. The fraction of sp³-hybridized carbons (Fsp3) is 0.833. The average Bonchev–Trinajstić information content (AvgIpc) is 2.30. The van der Waals surface area contributed by atoms with E-state index in [1.807, 2.05) is 11.8 Å². The van der Waals surface area contributed by atoms with E-state index in [0.29, 0.717) is 18.9 Å². The second kappa shape index (κ2) is 6.63. The summed E-state index contributed by atoms with van der Waals surface area (Å²) < 4.78 is 0. The molecule has 4 heteroatoms. The van der Waals surface area contributed by atoms with E-state index >= 15 is 0 Å². The van der Waals surface area contributed by atoms with E-state index < -0.39 is 0 Å². The van der Waals surface area contributed by atoms with Crippen molar-refractivity contribution in [3.8, 4) is 0 Å². The first kappa shape index (κ1) is 13.2. The second-order valence-electron chi connectivity index (χ2n) is 4.42. The summed E-state index contributed by atoms with van der Waals surface area (Å²) in [5, 5.41) is 0. The van der Waals surface area contributed by atoms with Gasteiger partial charge in [0.05, 0.1) is 0 Å². The van der Waals surface area contributed by atoms with Gasteiger partial charge in [-0.3, -0.25) is 9.69 Å². The van der Waals surface area contributed by atoms with E-state index in [1.165, 1.54) is 0 Å². The van der Waals surface area contributed by atoms with Crippen LogP contribution in [0.1, 0.15) is 33.1 Å². The molecular formula is C12H22N2O2. The normalized spacial score (nSPS) is 19.5. The van der Waals surface area contributed by atoms with Crippen molar-refractivity contribution in [3.63, 3.8) is 0 Å². The minimum Gasteiger partial charge on any atom is -0.340 e. The highest BCUT2D eigenvalue weighted by atomic mass is 16.2. The van der Waals surface area contributed by atoms with Crippen LogP contribution in [0.15, 0.2) is 0 Å². The van der Waals surface area contributed by atoms with Crippen molar-refractivity contribution in [2.45, 2.75) is 39.2 Å². The third-order valence-electron chi connectivity index (χ3n) is 3.19. The monoisotopic (exact) mass is 226 g/mol. The lowest BCUT2D eigenvalue weighted by molar-refractivity contribution is -0.133. The Kier molecular flexibility index (Phi) is 5.46. The molecule has 0 aromatic carbocycles. The minimum atomic E-state index is 0.269. The standard InChI is InChI=1S/C12H22N2O2/c1-3-4-12(16)14-8-6-13(7-9-14)11(2)5-10-15/h10-11H,3-9H2,1-2H3. The van der Waals surface area contributed by atoms with Crippen molar-refractivity contribution in [3.05, 3.63) is 0 Å². The predicted molar refractivity (Wildman–Crippen MR) is 63.2 cm³/mol. The second-order valence-corrected chi connectivity index (χ2v) is 4.42. The zero-order chi connectivity index (χ0) is 12.0. The molecule has 1 atom stereocenters. The van der Waals surface area contributed by atoms with Gasteiger partial charge in [-0.15, -0.1) is 0 Å². The Labute approximate surface area is 97.6 Å². The fourth-order valence-electron chi connectivity index (χ4n) is 2.07. The van der Waals surface area contributed by atoms with Crippen molar-refractivity contribution < 1.29 is 9.59 Å². The smallest absolute Gasteiger partial charge is 0.222 e. The molecule has 0 aromatic heterocycles. The third-order valence-corrected chi connectivity index (χ3v) is 3.19. The van der Waals surface area contributed by atoms with Crippen LogP contribution in [0.2, 0.25) is 0 Å². The molecule has 1 heterocycles. The molecule has 0 N–H and O–H groups in total. The van der Waals surface area contributed by atoms with Gasteiger partial charge in [0.2, 0.25) is 5.91 Å². The molecule has 1 saturated heterocycles. The molecular weight excluding hydrogens is 204 g/mol. The lowest BCUT2D eigenvalue weighted by atomic mass is 10.2. The molecule has 16 heavy (non-hydrogen) atoms. The molecule has 0 aliphatic carbocycles. The molecule has 0 saturated carbocycles. The van der Waals surface area contributed by atoms with E-state index in [2.05, 4.69) is 11.8 Å². The number of carbonyl (C=O) groups excluding carboxylic acids is 2. The van der Waals surface area contributed by atoms with Crippen molar-refractivity contribution >= 4 is 12.2 Å². The highest BCUT2D eigenvalue weighted by Crippen LogP contribution is 2.09. The van der Waals surface area contributed by atoms with Crippen molar-refractivity contribution in [2.24, 2.45) is 0 Å². The van der Waals surface area contributed by atoms with E-state index in [4.69, 9.17) is 0 Å². The van der Waals surface area contributed by atoms with Crippen LogP contribution >= 0.6 is 0 Å². The van der Waals surface area contributed by atoms with Crippen LogP contribution in [0.4, 0.5) is 0 Å². The molecule has 1 unspecified atom stereocenters. The van der Waals surface area contributed by atoms with Crippen LogP contribution in [0.25, 0.3) is 0 Å². The molecule has 0 spiro atoms. The average molecular weight is 226 g/mol. The van der Waals surface area contributed by atoms with E-state index in [1.54, 1.807) is 0 Å². The summed E-state index contributed by atoms with van der Waals surface area (Å²) in [6.07, 6.45) is 3.13. The predicted octanol–water partition coefficient (Wildman–Crippen LogP) is 0.908. The molecule has 1 fully saturated rings. The minimum absolute atomic E-state index is 0.269. The maximum absolute atomic E-state index is 11.7. The van der Waals surface area contributed by atoms with Crippen molar-refractivity contribution in [1.82, 2.24) is 9.80 Å². The zero-order valence-corrected chi connectivity index (χ0v) is 10.3. The van der Waals surface area contributed by atoms with Crippen molar-refractivity contribution in [2.75, 3.05) is 26.2 Å². The Hall–Kier alpha value is -0.900. The number of piperazine rings is 1. The van der Waals surface area contributed by atoms with E-state index in [9.17, 15) is 9.59 Å². The van der Waals surface area contributed by atoms with Crippen LogP contribution < -0.4 is 0 Å². The summed E-state index contributed by atoms with van der Waals surface area (Å²) in [5.41, 5.74) is 0. The van der Waals surface area contributed by atoms with Gasteiger partial charge in [-0.25, -0.2) is 0 Å². The van der Waals surface area contributed by atoms with Gasteiger partial charge in [0, 0.05) is 45.1 Å². The van der Waals surface area contributed by atoms with E-state index in [0.717, 1.165) is 38.9 Å². The SMILES string of the molecule is CCCC(=O)N1CCN(C(C)CC=O)CC1. The van der Waals surface area contributed by atoms with Crippen LogP contribution in [-0.4, -0.2) is 54.2 Å². The number of rotatable bonds is 5. The maximum Gasteiger partial charge on any atom is 0.222 e. The molecule has 92 valence electrons. The molecule has 1 aliphatic heterocycles. The molecule has 1 aliphatic rings. The van der Waals surface area contributed by atoms with Gasteiger partial charge in [0.25, 0.3) is 0 Å². The summed E-state index contributed by atoms with van der Waals surface area (Å²) in [4.78, 5) is 26.3. The lowest BCUT2D eigenvalue weighted by Crippen LogP contribution is -2.51. The topological polar surface area (TPSA) is 40.6 Å². The fourth-order valence-corrected chi connectivity index (χ4v) is 2.07. The molecule has 0 radical (unpaired) electrons. The Morgan fingerprint density at radius 1 is 1.31 bits per heavy atom. The molecule has 1 rings (SSSR count). The highest BCUT2D eigenvalue weighted by molar-refractivity contribution is 5.76. The number of hydrogen-bond donors (Lipinski definition) is 0. The Bertz CT molecular complexity index is 235. The van der Waals surface area contributed by atoms with Gasteiger partial charge in [-0.1, -0.05) is 6.92 Å². The molecule has 0 bridgehead atoms. The molecule has 0 aromatic rings. The van der Waals surface area contributed by atoms with Gasteiger partial charge in [-0.2, -0.15) is 0 Å². The van der Waals surface area contributed by atoms with E-state index in [-0.39, 0.29) is 5.91 Å². The zero-order valence-electron chi connectivity index (χ0n) is 10.3. The quantitative estimate of drug-likeness (QED) is 0.654. The molecule has 4 nitrogen and oxygen atoms in total. The Balaban J connectivity index is 2.33. The number of nitrogens with zero attached hydrogens (tertiary/aromatic N) is 2. The first-order valence-electron chi connectivity index (χ1n) is 6.14. The van der Waals surface area contributed by atoms with Crippen LogP contribution in [-0.2, 0) is 9.59 Å².